The first-order valence-electron chi connectivity index (χ1n) is 6.00. The van der Waals surface area contributed by atoms with Gasteiger partial charge in [-0.05, 0) is 36.6 Å². The van der Waals surface area contributed by atoms with E-state index < -0.39 is 5.82 Å². The fourth-order valence-corrected chi connectivity index (χ4v) is 2.14. The summed E-state index contributed by atoms with van der Waals surface area (Å²) in [6.45, 7) is 0.103. The van der Waals surface area contributed by atoms with Crippen molar-refractivity contribution in [1.29, 1.82) is 5.41 Å². The first-order chi connectivity index (χ1) is 9.61. The summed E-state index contributed by atoms with van der Waals surface area (Å²) < 4.78 is 19.6. The zero-order valence-corrected chi connectivity index (χ0v) is 11.8. The van der Waals surface area contributed by atoms with E-state index in [4.69, 9.17) is 15.9 Å². The Bertz CT molecular complexity index is 614. The van der Waals surface area contributed by atoms with Crippen molar-refractivity contribution >= 4 is 17.6 Å². The largest absolute Gasteiger partial charge is 0.489 e. The van der Waals surface area contributed by atoms with Gasteiger partial charge in [0.05, 0.1) is 5.56 Å². The number of hydrogen-bond donors (Lipinski definition) is 2. The zero-order valence-electron chi connectivity index (χ0n) is 11.0. The lowest BCUT2D eigenvalue weighted by molar-refractivity contribution is 0.299. The lowest BCUT2D eigenvalue weighted by atomic mass is 10.1. The Morgan fingerprint density at radius 1 is 1.25 bits per heavy atom. The minimum Gasteiger partial charge on any atom is -0.489 e. The Balaban J connectivity index is 2.10. The van der Waals surface area contributed by atoms with Gasteiger partial charge in [0.2, 0.25) is 0 Å². The molecule has 5 heteroatoms. The van der Waals surface area contributed by atoms with Crippen LogP contribution >= 0.6 is 11.8 Å². The average molecular weight is 290 g/mol. The van der Waals surface area contributed by atoms with E-state index in [1.165, 1.54) is 6.07 Å². The predicted octanol–water partition coefficient (Wildman–Crippen LogP) is 3.41. The highest BCUT2D eigenvalue weighted by atomic mass is 32.2. The van der Waals surface area contributed by atoms with Crippen LogP contribution in [0.15, 0.2) is 47.4 Å². The van der Waals surface area contributed by atoms with E-state index in [0.29, 0.717) is 11.3 Å². The van der Waals surface area contributed by atoms with Crippen molar-refractivity contribution < 1.29 is 9.13 Å². The molecule has 3 N–H and O–H groups in total. The highest BCUT2D eigenvalue weighted by molar-refractivity contribution is 7.98. The highest BCUT2D eigenvalue weighted by Crippen LogP contribution is 2.20. The van der Waals surface area contributed by atoms with E-state index in [1.54, 1.807) is 23.9 Å². The van der Waals surface area contributed by atoms with Crippen molar-refractivity contribution in [1.82, 2.24) is 0 Å². The first-order valence-corrected chi connectivity index (χ1v) is 7.23. The predicted molar refractivity (Wildman–Crippen MR) is 80.0 cm³/mol. The molecule has 0 fully saturated rings. The van der Waals surface area contributed by atoms with Crippen LogP contribution in [0.2, 0.25) is 0 Å². The second-order valence-corrected chi connectivity index (χ2v) is 5.04. The summed E-state index contributed by atoms with van der Waals surface area (Å²) in [6, 6.07) is 12.4. The van der Waals surface area contributed by atoms with Crippen LogP contribution in [0.1, 0.15) is 11.1 Å². The van der Waals surface area contributed by atoms with Gasteiger partial charge in [-0.25, -0.2) is 4.39 Å². The summed E-state index contributed by atoms with van der Waals surface area (Å²) in [6.07, 6.45) is 2.00. The first kappa shape index (κ1) is 14.4. The summed E-state index contributed by atoms with van der Waals surface area (Å²) in [5.74, 6) is -0.107. The Morgan fingerprint density at radius 3 is 2.55 bits per heavy atom. The molecule has 0 aromatic heterocycles. The van der Waals surface area contributed by atoms with E-state index in [9.17, 15) is 4.39 Å². The van der Waals surface area contributed by atoms with Gasteiger partial charge in [0, 0.05) is 10.5 Å². The zero-order chi connectivity index (χ0) is 14.5. The van der Waals surface area contributed by atoms with Gasteiger partial charge in [-0.15, -0.1) is 11.8 Å². The standard InChI is InChI=1S/C15H15FN2OS/c1-20-12-7-5-11(6-8-12)19-9-10-3-2-4-13(14(10)16)15(17)18/h2-8H,9H2,1H3,(H3,17,18). The summed E-state index contributed by atoms with van der Waals surface area (Å²) in [5.41, 5.74) is 5.80. The Hall–Kier alpha value is -2.01. The number of benzene rings is 2. The molecule has 0 aliphatic carbocycles. The maximum Gasteiger partial charge on any atom is 0.140 e. The van der Waals surface area contributed by atoms with Crippen LogP contribution in [0, 0.1) is 11.2 Å². The third kappa shape index (κ3) is 3.30. The molecule has 0 atom stereocenters. The molecule has 104 valence electrons. The lowest BCUT2D eigenvalue weighted by Gasteiger charge is -2.09. The van der Waals surface area contributed by atoms with E-state index in [-0.39, 0.29) is 18.0 Å². The summed E-state index contributed by atoms with van der Waals surface area (Å²) in [5, 5.41) is 7.31. The third-order valence-electron chi connectivity index (χ3n) is 2.82. The van der Waals surface area contributed by atoms with Crippen molar-refractivity contribution in [3.63, 3.8) is 0 Å². The lowest BCUT2D eigenvalue weighted by Crippen LogP contribution is -2.14. The molecule has 20 heavy (non-hydrogen) atoms. The maximum atomic E-state index is 14.0. The van der Waals surface area contributed by atoms with Crippen molar-refractivity contribution in [2.45, 2.75) is 11.5 Å². The van der Waals surface area contributed by atoms with Crippen LogP contribution in [0.3, 0.4) is 0 Å². The Morgan fingerprint density at radius 2 is 1.95 bits per heavy atom. The van der Waals surface area contributed by atoms with Gasteiger partial charge in [-0.1, -0.05) is 12.1 Å². The molecule has 2 aromatic rings. The number of ether oxygens (including phenoxy) is 1. The molecule has 0 aliphatic rings. The Kier molecular flexibility index (Phi) is 4.63. The quantitative estimate of drug-likeness (QED) is 0.504. The van der Waals surface area contributed by atoms with E-state index in [0.717, 1.165) is 4.90 Å². The van der Waals surface area contributed by atoms with Crippen LogP contribution in [-0.4, -0.2) is 12.1 Å². The van der Waals surface area contributed by atoms with Gasteiger partial charge in [0.15, 0.2) is 0 Å². The van der Waals surface area contributed by atoms with Crippen LogP contribution in [0.5, 0.6) is 5.75 Å². The molecule has 0 heterocycles. The van der Waals surface area contributed by atoms with Gasteiger partial charge in [-0.2, -0.15) is 0 Å². The van der Waals surface area contributed by atoms with Crippen molar-refractivity contribution in [3.8, 4) is 5.75 Å². The monoisotopic (exact) mass is 290 g/mol. The molecule has 0 aliphatic heterocycles. The minimum absolute atomic E-state index is 0.101. The number of halogens is 1. The van der Waals surface area contributed by atoms with Crippen molar-refractivity contribution in [3.05, 3.63) is 59.4 Å². The SMILES string of the molecule is CSc1ccc(OCc2cccc(C(=N)N)c2F)cc1. The maximum absolute atomic E-state index is 14.0. The number of rotatable bonds is 5. The fraction of sp³-hybridized carbons (Fsp3) is 0.133. The molecule has 0 amide bonds. The summed E-state index contributed by atoms with van der Waals surface area (Å²) >= 11 is 1.65. The topological polar surface area (TPSA) is 59.1 Å². The van der Waals surface area contributed by atoms with Crippen molar-refractivity contribution in [2.24, 2.45) is 5.73 Å². The summed E-state index contributed by atoms with van der Waals surface area (Å²) in [7, 11) is 0. The second-order valence-electron chi connectivity index (χ2n) is 4.16. The van der Waals surface area contributed by atoms with Crippen LogP contribution in [0.25, 0.3) is 0 Å². The molecule has 3 nitrogen and oxygen atoms in total. The molecular formula is C15H15FN2OS. The molecule has 0 spiro atoms. The van der Waals surface area contributed by atoms with E-state index >= 15 is 0 Å². The molecule has 0 saturated heterocycles. The summed E-state index contributed by atoms with van der Waals surface area (Å²) in [4.78, 5) is 1.14. The fourth-order valence-electron chi connectivity index (χ4n) is 1.73. The van der Waals surface area contributed by atoms with Crippen molar-refractivity contribution in [2.75, 3.05) is 6.26 Å². The number of nitrogens with two attached hydrogens (primary N) is 1. The van der Waals surface area contributed by atoms with Gasteiger partial charge in [-0.3, -0.25) is 5.41 Å². The van der Waals surface area contributed by atoms with Gasteiger partial charge in [0.25, 0.3) is 0 Å². The molecule has 0 saturated carbocycles. The van der Waals surface area contributed by atoms with Crippen LogP contribution in [0.4, 0.5) is 4.39 Å². The smallest absolute Gasteiger partial charge is 0.140 e. The normalized spacial score (nSPS) is 10.3. The minimum atomic E-state index is -0.499. The number of nitrogens with one attached hydrogen (secondary N) is 1. The number of amidine groups is 1. The molecule has 0 bridgehead atoms. The third-order valence-corrected chi connectivity index (χ3v) is 3.57. The van der Waals surface area contributed by atoms with E-state index in [1.807, 2.05) is 30.5 Å². The molecule has 2 aromatic carbocycles. The van der Waals surface area contributed by atoms with Gasteiger partial charge < -0.3 is 10.5 Å². The van der Waals surface area contributed by atoms with Crippen LogP contribution in [-0.2, 0) is 6.61 Å². The number of thioether (sulfide) groups is 1. The number of nitrogen functional groups attached to an aromatic ring is 1. The molecular weight excluding hydrogens is 275 g/mol. The highest BCUT2D eigenvalue weighted by Gasteiger charge is 2.10. The molecule has 2 rings (SSSR count). The van der Waals surface area contributed by atoms with Crippen LogP contribution < -0.4 is 10.5 Å². The second kappa shape index (κ2) is 6.43. The number of hydrogen-bond acceptors (Lipinski definition) is 3. The average Bonchev–Trinajstić information content (AvgIpc) is 2.46. The van der Waals surface area contributed by atoms with Gasteiger partial charge >= 0.3 is 0 Å². The van der Waals surface area contributed by atoms with E-state index in [2.05, 4.69) is 0 Å². The Labute approximate surface area is 121 Å². The van der Waals surface area contributed by atoms with Gasteiger partial charge in [0.1, 0.15) is 24.0 Å². The molecule has 0 unspecified atom stereocenters. The molecule has 0 radical (unpaired) electrons.